The van der Waals surface area contributed by atoms with Gasteiger partial charge >= 0.3 is 0 Å². The number of halogens is 1. The highest BCUT2D eigenvalue weighted by molar-refractivity contribution is 6.32. The fourth-order valence-electron chi connectivity index (χ4n) is 1.97. The molecule has 0 aromatic heterocycles. The van der Waals surface area contributed by atoms with Crippen LogP contribution in [0.5, 0.6) is 11.5 Å². The summed E-state index contributed by atoms with van der Waals surface area (Å²) in [5.74, 6) is 1.44. The van der Waals surface area contributed by atoms with Crippen molar-refractivity contribution in [3.63, 3.8) is 0 Å². The summed E-state index contributed by atoms with van der Waals surface area (Å²) < 4.78 is 11.3. The van der Waals surface area contributed by atoms with Crippen molar-refractivity contribution in [3.05, 3.63) is 22.7 Å². The molecule has 0 amide bonds. The molecule has 0 atom stereocenters. The van der Waals surface area contributed by atoms with E-state index in [4.69, 9.17) is 21.1 Å². The van der Waals surface area contributed by atoms with Crippen LogP contribution in [-0.4, -0.2) is 19.8 Å². The number of ether oxygens (including phenoxy) is 2. The Morgan fingerprint density at radius 2 is 1.95 bits per heavy atom. The molecular weight excluding hydrogens is 262 g/mol. The highest BCUT2D eigenvalue weighted by Gasteiger charge is 2.16. The van der Waals surface area contributed by atoms with Crippen LogP contribution in [0.25, 0.3) is 0 Å². The molecule has 4 heteroatoms. The number of hydrogen-bond donors (Lipinski definition) is 1. The molecule has 0 radical (unpaired) electrons. The predicted octanol–water partition coefficient (Wildman–Crippen LogP) is 3.64. The predicted molar refractivity (Wildman–Crippen MR) is 78.2 cm³/mol. The molecule has 1 aliphatic rings. The fraction of sp³-hybridized carbons (Fsp3) is 0.600. The van der Waals surface area contributed by atoms with E-state index in [1.807, 2.05) is 12.1 Å². The largest absolute Gasteiger partial charge is 0.489 e. The van der Waals surface area contributed by atoms with Gasteiger partial charge in [-0.1, -0.05) is 32.4 Å². The molecule has 3 nitrogen and oxygen atoms in total. The van der Waals surface area contributed by atoms with Gasteiger partial charge in [-0.05, 0) is 23.1 Å². The first-order valence-corrected chi connectivity index (χ1v) is 7.12. The van der Waals surface area contributed by atoms with Gasteiger partial charge in [-0.2, -0.15) is 0 Å². The summed E-state index contributed by atoms with van der Waals surface area (Å²) in [4.78, 5) is 0. The molecule has 0 saturated carbocycles. The normalized spacial score (nSPS) is 15.2. The summed E-state index contributed by atoms with van der Waals surface area (Å²) in [5, 5.41) is 4.07. The van der Waals surface area contributed by atoms with Gasteiger partial charge in [0.25, 0.3) is 0 Å². The Labute approximate surface area is 120 Å². The van der Waals surface area contributed by atoms with Crippen LogP contribution in [0.3, 0.4) is 0 Å². The van der Waals surface area contributed by atoms with Gasteiger partial charge in [0, 0.05) is 19.5 Å². The Balaban J connectivity index is 2.06. The molecule has 2 rings (SSSR count). The van der Waals surface area contributed by atoms with Crippen molar-refractivity contribution in [2.24, 2.45) is 5.41 Å². The summed E-state index contributed by atoms with van der Waals surface area (Å²) in [7, 11) is 0. The molecule has 0 spiro atoms. The summed E-state index contributed by atoms with van der Waals surface area (Å²) in [5.41, 5.74) is 1.40. The van der Waals surface area contributed by atoms with Crippen molar-refractivity contribution in [2.45, 2.75) is 33.7 Å². The van der Waals surface area contributed by atoms with Crippen molar-refractivity contribution in [2.75, 3.05) is 19.8 Å². The minimum atomic E-state index is 0.273. The number of benzene rings is 1. The van der Waals surface area contributed by atoms with Gasteiger partial charge in [-0.3, -0.25) is 0 Å². The van der Waals surface area contributed by atoms with Crippen LogP contribution in [0.2, 0.25) is 5.02 Å². The monoisotopic (exact) mass is 283 g/mol. The van der Waals surface area contributed by atoms with Gasteiger partial charge in [-0.25, -0.2) is 0 Å². The van der Waals surface area contributed by atoms with Gasteiger partial charge in [0.05, 0.1) is 18.2 Å². The molecule has 0 bridgehead atoms. The van der Waals surface area contributed by atoms with E-state index in [1.54, 1.807) is 0 Å². The maximum atomic E-state index is 6.26. The number of nitrogens with one attached hydrogen (secondary N) is 1. The molecule has 1 heterocycles. The zero-order valence-electron chi connectivity index (χ0n) is 11.9. The zero-order valence-corrected chi connectivity index (χ0v) is 12.6. The summed E-state index contributed by atoms with van der Waals surface area (Å²) in [6.45, 7) is 9.71. The third kappa shape index (κ3) is 4.29. The number of hydrogen-bond acceptors (Lipinski definition) is 3. The van der Waals surface area contributed by atoms with Gasteiger partial charge in [0.2, 0.25) is 0 Å². The van der Waals surface area contributed by atoms with E-state index in [1.165, 1.54) is 0 Å². The average Bonchev–Trinajstić information content (AvgIpc) is 2.52. The molecular formula is C15H22ClNO2. The lowest BCUT2D eigenvalue weighted by Gasteiger charge is -2.19. The fourth-order valence-corrected chi connectivity index (χ4v) is 2.26. The van der Waals surface area contributed by atoms with Crippen LogP contribution < -0.4 is 14.8 Å². The van der Waals surface area contributed by atoms with Gasteiger partial charge in [-0.15, -0.1) is 0 Å². The molecule has 19 heavy (non-hydrogen) atoms. The molecule has 106 valence electrons. The van der Waals surface area contributed by atoms with E-state index in [9.17, 15) is 0 Å². The van der Waals surface area contributed by atoms with E-state index in [-0.39, 0.29) is 5.41 Å². The van der Waals surface area contributed by atoms with Crippen molar-refractivity contribution in [3.8, 4) is 11.5 Å². The second-order valence-corrected chi connectivity index (χ2v) is 6.53. The first kappa shape index (κ1) is 14.5. The van der Waals surface area contributed by atoms with Crippen molar-refractivity contribution in [1.29, 1.82) is 0 Å². The van der Waals surface area contributed by atoms with Crippen molar-refractivity contribution in [1.82, 2.24) is 5.32 Å². The van der Waals surface area contributed by atoms with E-state index in [2.05, 4.69) is 26.1 Å². The van der Waals surface area contributed by atoms with Gasteiger partial charge in [0.15, 0.2) is 11.5 Å². The quantitative estimate of drug-likeness (QED) is 0.919. The first-order chi connectivity index (χ1) is 8.96. The number of rotatable bonds is 3. The summed E-state index contributed by atoms with van der Waals surface area (Å²) >= 11 is 6.26. The van der Waals surface area contributed by atoms with Crippen LogP contribution in [-0.2, 0) is 6.54 Å². The maximum absolute atomic E-state index is 6.26. The molecule has 1 aromatic carbocycles. The smallest absolute Gasteiger partial charge is 0.179 e. The van der Waals surface area contributed by atoms with E-state index in [0.29, 0.717) is 24.0 Å². The lowest BCUT2D eigenvalue weighted by Crippen LogP contribution is -2.26. The van der Waals surface area contributed by atoms with E-state index < -0.39 is 0 Å². The maximum Gasteiger partial charge on any atom is 0.179 e. The molecule has 1 aliphatic heterocycles. The Morgan fingerprint density at radius 3 is 2.68 bits per heavy atom. The van der Waals surface area contributed by atoms with Crippen LogP contribution >= 0.6 is 11.6 Å². The Morgan fingerprint density at radius 1 is 1.21 bits per heavy atom. The molecule has 0 saturated heterocycles. The van der Waals surface area contributed by atoms with Gasteiger partial charge in [0.1, 0.15) is 0 Å². The topological polar surface area (TPSA) is 30.5 Å². The Bertz CT molecular complexity index is 441. The summed E-state index contributed by atoms with van der Waals surface area (Å²) in [6, 6.07) is 3.97. The summed E-state index contributed by atoms with van der Waals surface area (Å²) in [6.07, 6.45) is 0.891. The van der Waals surface area contributed by atoms with Crippen LogP contribution in [0.1, 0.15) is 32.8 Å². The number of fused-ring (bicyclic) bond motifs is 1. The van der Waals surface area contributed by atoms with Crippen LogP contribution in [0, 0.1) is 5.41 Å². The van der Waals surface area contributed by atoms with Crippen LogP contribution in [0.15, 0.2) is 12.1 Å². The van der Waals surface area contributed by atoms with E-state index >= 15 is 0 Å². The second-order valence-electron chi connectivity index (χ2n) is 6.12. The molecule has 0 unspecified atom stereocenters. The Hall–Kier alpha value is -0.930. The van der Waals surface area contributed by atoms with Crippen LogP contribution in [0.4, 0.5) is 0 Å². The Kier molecular flexibility index (Phi) is 4.58. The molecule has 1 N–H and O–H groups in total. The lowest BCUT2D eigenvalue weighted by atomic mass is 9.97. The van der Waals surface area contributed by atoms with Crippen molar-refractivity contribution < 1.29 is 9.47 Å². The SMILES string of the molecule is CC(C)(C)CNCc1cc(Cl)c2c(c1)OCCCO2. The zero-order chi connectivity index (χ0) is 13.9. The second kappa shape index (κ2) is 6.02. The third-order valence-electron chi connectivity index (χ3n) is 2.85. The standard InChI is InChI=1S/C15H22ClNO2/c1-15(2,3)10-17-9-11-7-12(16)14-13(8-11)18-5-4-6-19-14/h7-8,17H,4-6,9-10H2,1-3H3. The average molecular weight is 284 g/mol. The lowest BCUT2D eigenvalue weighted by molar-refractivity contribution is 0.297. The highest BCUT2D eigenvalue weighted by atomic mass is 35.5. The minimum Gasteiger partial charge on any atom is -0.489 e. The third-order valence-corrected chi connectivity index (χ3v) is 3.13. The van der Waals surface area contributed by atoms with Gasteiger partial charge < -0.3 is 14.8 Å². The van der Waals surface area contributed by atoms with Crippen molar-refractivity contribution >= 4 is 11.6 Å². The molecule has 0 aliphatic carbocycles. The first-order valence-electron chi connectivity index (χ1n) is 6.74. The van der Waals surface area contributed by atoms with E-state index in [0.717, 1.165) is 30.8 Å². The molecule has 0 fully saturated rings. The minimum absolute atomic E-state index is 0.273. The highest BCUT2D eigenvalue weighted by Crippen LogP contribution is 2.37. The molecule has 1 aromatic rings.